The molecule has 8 heteroatoms. The van der Waals surface area contributed by atoms with Crippen LogP contribution in [-0.4, -0.2) is 63.7 Å². The minimum Gasteiger partial charge on any atom is -0.342 e. The molecule has 2 unspecified atom stereocenters. The Morgan fingerprint density at radius 2 is 2.03 bits per heavy atom. The predicted octanol–water partition coefficient (Wildman–Crippen LogP) is 2.94. The maximum Gasteiger partial charge on any atom is 0.266 e. The van der Waals surface area contributed by atoms with Crippen LogP contribution in [0.2, 0.25) is 0 Å². The van der Waals surface area contributed by atoms with Crippen LogP contribution in [0, 0.1) is 5.92 Å². The molecule has 29 heavy (non-hydrogen) atoms. The summed E-state index contributed by atoms with van der Waals surface area (Å²) in [6.07, 6.45) is 2.15. The molecular weight excluding hydrogens is 378 g/mol. The van der Waals surface area contributed by atoms with Gasteiger partial charge in [0.2, 0.25) is 11.8 Å². The summed E-state index contributed by atoms with van der Waals surface area (Å²) in [5.41, 5.74) is 1.81. The number of aromatic amines is 1. The second-order valence-corrected chi connectivity index (χ2v) is 7.94. The van der Waals surface area contributed by atoms with E-state index in [1.54, 1.807) is 4.90 Å². The number of piperidine rings is 2. The number of carbonyl (C=O) groups is 2. The first-order valence-corrected chi connectivity index (χ1v) is 9.89. The smallest absolute Gasteiger partial charge is 0.266 e. The molecule has 0 radical (unpaired) electrons. The van der Waals surface area contributed by atoms with Crippen molar-refractivity contribution in [1.29, 1.82) is 0 Å². The molecule has 2 aliphatic heterocycles. The first kappa shape index (κ1) is 19.5. The standard InChI is InChI=1S/C21H24F2N4O2/c1-2-18(28)27-12-15(10-21(22,23)13-27)20(29)26-9-5-6-14(11-26)19-24-16-7-3-4-8-17(16)25-19/h2-4,7-8,14-15H,1,5-6,9-13H2,(H,24,25). The van der Waals surface area contributed by atoms with Gasteiger partial charge in [0, 0.05) is 32.0 Å². The Bertz CT molecular complexity index is 909. The second kappa shape index (κ2) is 7.57. The summed E-state index contributed by atoms with van der Waals surface area (Å²) in [4.78, 5) is 35.5. The SMILES string of the molecule is C=CC(=O)N1CC(C(=O)N2CCCC(c3nc4ccccc4[nH]3)C2)CC(F)(F)C1. The van der Waals surface area contributed by atoms with Crippen LogP contribution in [0.3, 0.4) is 0 Å². The van der Waals surface area contributed by atoms with Crippen molar-refractivity contribution in [2.24, 2.45) is 5.92 Å². The van der Waals surface area contributed by atoms with Gasteiger partial charge in [0.25, 0.3) is 5.92 Å². The molecule has 3 heterocycles. The van der Waals surface area contributed by atoms with Gasteiger partial charge < -0.3 is 14.8 Å². The van der Waals surface area contributed by atoms with Crippen LogP contribution in [0.5, 0.6) is 0 Å². The summed E-state index contributed by atoms with van der Waals surface area (Å²) < 4.78 is 28.3. The number of hydrogen-bond acceptors (Lipinski definition) is 3. The lowest BCUT2D eigenvalue weighted by Crippen LogP contribution is -2.54. The molecule has 1 N–H and O–H groups in total. The van der Waals surface area contributed by atoms with E-state index in [1.807, 2.05) is 24.3 Å². The molecule has 0 bridgehead atoms. The summed E-state index contributed by atoms with van der Waals surface area (Å²) in [5, 5.41) is 0. The molecule has 6 nitrogen and oxygen atoms in total. The molecule has 4 rings (SSSR count). The number of carbonyl (C=O) groups excluding carboxylic acids is 2. The highest BCUT2D eigenvalue weighted by Crippen LogP contribution is 2.33. The zero-order valence-electron chi connectivity index (χ0n) is 16.1. The Morgan fingerprint density at radius 3 is 2.79 bits per heavy atom. The van der Waals surface area contributed by atoms with E-state index in [9.17, 15) is 18.4 Å². The normalized spacial score (nSPS) is 24.5. The number of imidazole rings is 1. The Hall–Kier alpha value is -2.77. The number of para-hydroxylation sites is 2. The summed E-state index contributed by atoms with van der Waals surface area (Å²) in [7, 11) is 0. The van der Waals surface area contributed by atoms with E-state index in [0.717, 1.165) is 40.7 Å². The average molecular weight is 402 g/mol. The molecule has 2 amide bonds. The van der Waals surface area contributed by atoms with Crippen LogP contribution in [0.1, 0.15) is 31.0 Å². The monoisotopic (exact) mass is 402 g/mol. The number of benzene rings is 1. The number of fused-ring (bicyclic) bond motifs is 1. The molecule has 2 aliphatic rings. The van der Waals surface area contributed by atoms with E-state index < -0.39 is 30.7 Å². The number of alkyl halides is 2. The molecule has 1 aromatic carbocycles. The zero-order chi connectivity index (χ0) is 20.6. The molecule has 0 spiro atoms. The van der Waals surface area contributed by atoms with Gasteiger partial charge in [0.05, 0.1) is 23.5 Å². The quantitative estimate of drug-likeness (QED) is 0.803. The fourth-order valence-electron chi connectivity index (χ4n) is 4.39. The van der Waals surface area contributed by atoms with Crippen LogP contribution >= 0.6 is 0 Å². The van der Waals surface area contributed by atoms with Crippen LogP contribution in [0.25, 0.3) is 11.0 Å². The molecular formula is C21H24F2N4O2. The topological polar surface area (TPSA) is 69.3 Å². The summed E-state index contributed by atoms with van der Waals surface area (Å²) in [5.74, 6) is -4.01. The highest BCUT2D eigenvalue weighted by atomic mass is 19.3. The summed E-state index contributed by atoms with van der Waals surface area (Å²) >= 11 is 0. The van der Waals surface area contributed by atoms with Gasteiger partial charge in [-0.3, -0.25) is 9.59 Å². The van der Waals surface area contributed by atoms with Crippen molar-refractivity contribution in [3.05, 3.63) is 42.7 Å². The molecule has 0 saturated carbocycles. The Morgan fingerprint density at radius 1 is 1.24 bits per heavy atom. The lowest BCUT2D eigenvalue weighted by atomic mass is 9.91. The fourth-order valence-corrected chi connectivity index (χ4v) is 4.39. The van der Waals surface area contributed by atoms with E-state index in [4.69, 9.17) is 0 Å². The molecule has 1 aromatic heterocycles. The predicted molar refractivity (Wildman–Crippen MR) is 104 cm³/mol. The Labute approximate surface area is 167 Å². The lowest BCUT2D eigenvalue weighted by Gasteiger charge is -2.40. The van der Waals surface area contributed by atoms with Crippen molar-refractivity contribution >= 4 is 22.8 Å². The number of halogens is 2. The van der Waals surface area contributed by atoms with Crippen molar-refractivity contribution in [2.75, 3.05) is 26.2 Å². The van der Waals surface area contributed by atoms with Crippen molar-refractivity contribution in [2.45, 2.75) is 31.1 Å². The number of H-pyrrole nitrogens is 1. The van der Waals surface area contributed by atoms with Gasteiger partial charge in [-0.15, -0.1) is 0 Å². The summed E-state index contributed by atoms with van der Waals surface area (Å²) in [6.45, 7) is 3.68. The highest BCUT2D eigenvalue weighted by molar-refractivity contribution is 5.88. The van der Waals surface area contributed by atoms with E-state index in [2.05, 4.69) is 16.5 Å². The second-order valence-electron chi connectivity index (χ2n) is 7.94. The maximum atomic E-state index is 14.2. The number of aromatic nitrogens is 2. The van der Waals surface area contributed by atoms with Crippen LogP contribution in [0.15, 0.2) is 36.9 Å². The highest BCUT2D eigenvalue weighted by Gasteiger charge is 2.45. The van der Waals surface area contributed by atoms with Gasteiger partial charge in [-0.05, 0) is 31.1 Å². The number of likely N-dealkylation sites (tertiary alicyclic amines) is 2. The first-order valence-electron chi connectivity index (χ1n) is 9.89. The van der Waals surface area contributed by atoms with Crippen molar-refractivity contribution < 1.29 is 18.4 Å². The van der Waals surface area contributed by atoms with Crippen LogP contribution in [0.4, 0.5) is 8.78 Å². The third-order valence-corrected chi connectivity index (χ3v) is 5.77. The average Bonchev–Trinajstić information content (AvgIpc) is 3.16. The number of nitrogens with zero attached hydrogens (tertiary/aromatic N) is 3. The Balaban J connectivity index is 1.49. The van der Waals surface area contributed by atoms with Gasteiger partial charge in [0.15, 0.2) is 0 Å². The molecule has 2 atom stereocenters. The number of hydrogen-bond donors (Lipinski definition) is 1. The minimum atomic E-state index is -3.08. The third kappa shape index (κ3) is 4.02. The number of nitrogens with one attached hydrogen (secondary N) is 1. The van der Waals surface area contributed by atoms with E-state index in [0.29, 0.717) is 13.1 Å². The van der Waals surface area contributed by atoms with Crippen molar-refractivity contribution in [1.82, 2.24) is 19.8 Å². The van der Waals surface area contributed by atoms with E-state index in [1.165, 1.54) is 0 Å². The fraction of sp³-hybridized carbons (Fsp3) is 0.476. The van der Waals surface area contributed by atoms with Crippen LogP contribution in [-0.2, 0) is 9.59 Å². The van der Waals surface area contributed by atoms with Crippen LogP contribution < -0.4 is 0 Å². The van der Waals surface area contributed by atoms with E-state index >= 15 is 0 Å². The molecule has 154 valence electrons. The molecule has 2 saturated heterocycles. The van der Waals surface area contributed by atoms with Gasteiger partial charge in [-0.1, -0.05) is 18.7 Å². The van der Waals surface area contributed by atoms with Crippen molar-refractivity contribution in [3.8, 4) is 0 Å². The molecule has 0 aliphatic carbocycles. The van der Waals surface area contributed by atoms with Gasteiger partial charge in [0.1, 0.15) is 5.82 Å². The zero-order valence-corrected chi connectivity index (χ0v) is 16.1. The maximum absolute atomic E-state index is 14.2. The van der Waals surface area contributed by atoms with Gasteiger partial charge in [-0.25, -0.2) is 13.8 Å². The summed E-state index contributed by atoms with van der Waals surface area (Å²) in [6, 6.07) is 7.73. The molecule has 2 fully saturated rings. The number of amides is 2. The first-order chi connectivity index (χ1) is 13.9. The Kier molecular flexibility index (Phi) is 5.10. The minimum absolute atomic E-state index is 0.00504. The number of rotatable bonds is 3. The molecule has 2 aromatic rings. The largest absolute Gasteiger partial charge is 0.342 e. The van der Waals surface area contributed by atoms with Gasteiger partial charge >= 0.3 is 0 Å². The third-order valence-electron chi connectivity index (χ3n) is 5.77. The van der Waals surface area contributed by atoms with Crippen molar-refractivity contribution in [3.63, 3.8) is 0 Å². The van der Waals surface area contributed by atoms with Gasteiger partial charge in [-0.2, -0.15) is 0 Å². The van der Waals surface area contributed by atoms with E-state index in [-0.39, 0.29) is 18.4 Å². The lowest BCUT2D eigenvalue weighted by molar-refractivity contribution is -0.153.